The van der Waals surface area contributed by atoms with Gasteiger partial charge in [-0.1, -0.05) is 24.4 Å². The molecule has 21 heavy (non-hydrogen) atoms. The monoisotopic (exact) mass is 310 g/mol. The SMILES string of the molecule is C1CCC(SCc2noc(CN3CCCNCC3)n2)CC1. The Morgan fingerprint density at radius 1 is 1.14 bits per heavy atom. The smallest absolute Gasteiger partial charge is 0.240 e. The van der Waals surface area contributed by atoms with Gasteiger partial charge in [-0.15, -0.1) is 0 Å². The number of aromatic nitrogens is 2. The van der Waals surface area contributed by atoms with E-state index < -0.39 is 0 Å². The zero-order valence-electron chi connectivity index (χ0n) is 12.7. The first-order chi connectivity index (χ1) is 10.4. The lowest BCUT2D eigenvalue weighted by Gasteiger charge is -2.20. The molecule has 0 radical (unpaired) electrons. The van der Waals surface area contributed by atoms with Crippen LogP contribution in [0.1, 0.15) is 50.2 Å². The van der Waals surface area contributed by atoms with E-state index in [1.807, 2.05) is 11.8 Å². The molecule has 0 amide bonds. The van der Waals surface area contributed by atoms with Crippen molar-refractivity contribution in [3.8, 4) is 0 Å². The van der Waals surface area contributed by atoms with Gasteiger partial charge in [-0.3, -0.25) is 4.90 Å². The van der Waals surface area contributed by atoms with Crippen LogP contribution in [0.25, 0.3) is 0 Å². The maximum Gasteiger partial charge on any atom is 0.240 e. The van der Waals surface area contributed by atoms with Gasteiger partial charge in [0.1, 0.15) is 0 Å². The highest BCUT2D eigenvalue weighted by Gasteiger charge is 2.17. The maximum absolute atomic E-state index is 5.41. The molecule has 5 nitrogen and oxygen atoms in total. The van der Waals surface area contributed by atoms with Crippen molar-refractivity contribution in [2.24, 2.45) is 0 Å². The summed E-state index contributed by atoms with van der Waals surface area (Å²) in [6.07, 6.45) is 8.09. The normalized spacial score (nSPS) is 22.3. The lowest BCUT2D eigenvalue weighted by molar-refractivity contribution is 0.238. The Balaban J connectivity index is 1.44. The third-order valence-electron chi connectivity index (χ3n) is 4.30. The molecule has 3 rings (SSSR count). The summed E-state index contributed by atoms with van der Waals surface area (Å²) in [5.74, 6) is 2.54. The van der Waals surface area contributed by atoms with Crippen LogP contribution in [-0.4, -0.2) is 46.5 Å². The summed E-state index contributed by atoms with van der Waals surface area (Å²) in [5.41, 5.74) is 0. The van der Waals surface area contributed by atoms with Gasteiger partial charge in [-0.2, -0.15) is 16.7 Å². The van der Waals surface area contributed by atoms with Crippen LogP contribution < -0.4 is 5.32 Å². The van der Waals surface area contributed by atoms with Crippen LogP contribution in [0.3, 0.4) is 0 Å². The van der Waals surface area contributed by atoms with Crippen molar-refractivity contribution in [2.45, 2.75) is 56.1 Å². The average Bonchev–Trinajstić information content (AvgIpc) is 2.80. The van der Waals surface area contributed by atoms with Gasteiger partial charge in [0.2, 0.25) is 5.89 Å². The summed E-state index contributed by atoms with van der Waals surface area (Å²) in [6, 6.07) is 0. The van der Waals surface area contributed by atoms with Crippen LogP contribution >= 0.6 is 11.8 Å². The Morgan fingerprint density at radius 2 is 2.05 bits per heavy atom. The first-order valence-corrected chi connectivity index (χ1v) is 9.31. The summed E-state index contributed by atoms with van der Waals surface area (Å²) < 4.78 is 5.41. The third-order valence-corrected chi connectivity index (χ3v) is 5.67. The summed E-state index contributed by atoms with van der Waals surface area (Å²) in [5, 5.41) is 8.36. The second kappa shape index (κ2) is 8.15. The van der Waals surface area contributed by atoms with Crippen LogP contribution in [0.2, 0.25) is 0 Å². The standard InChI is InChI=1S/C15H26N4OS/c1-2-5-13(6-3-1)21-12-14-17-15(20-18-14)11-19-9-4-7-16-8-10-19/h13,16H,1-12H2. The molecule has 0 atom stereocenters. The fourth-order valence-corrected chi connectivity index (χ4v) is 4.26. The summed E-state index contributed by atoms with van der Waals surface area (Å²) in [6.45, 7) is 5.14. The van der Waals surface area contributed by atoms with Gasteiger partial charge >= 0.3 is 0 Å². The maximum atomic E-state index is 5.41. The van der Waals surface area contributed by atoms with E-state index in [4.69, 9.17) is 4.52 Å². The molecule has 0 spiro atoms. The summed E-state index contributed by atoms with van der Waals surface area (Å²) >= 11 is 2.00. The minimum Gasteiger partial charge on any atom is -0.338 e. The molecular weight excluding hydrogens is 284 g/mol. The molecule has 1 N–H and O–H groups in total. The number of nitrogens with zero attached hydrogens (tertiary/aromatic N) is 3. The number of hydrogen-bond donors (Lipinski definition) is 1. The Morgan fingerprint density at radius 3 is 2.95 bits per heavy atom. The highest BCUT2D eigenvalue weighted by Crippen LogP contribution is 2.29. The first-order valence-electron chi connectivity index (χ1n) is 8.26. The van der Waals surface area contributed by atoms with Gasteiger partial charge in [-0.25, -0.2) is 0 Å². The quantitative estimate of drug-likeness (QED) is 0.901. The van der Waals surface area contributed by atoms with Gasteiger partial charge in [0.25, 0.3) is 0 Å². The molecule has 1 aliphatic heterocycles. The van der Waals surface area contributed by atoms with E-state index in [1.54, 1.807) is 0 Å². The lowest BCUT2D eigenvalue weighted by Crippen LogP contribution is -2.27. The van der Waals surface area contributed by atoms with E-state index in [0.29, 0.717) is 0 Å². The molecule has 1 saturated heterocycles. The molecule has 0 unspecified atom stereocenters. The first kappa shape index (κ1) is 15.3. The largest absolute Gasteiger partial charge is 0.338 e. The number of nitrogens with one attached hydrogen (secondary N) is 1. The molecule has 1 aromatic rings. The van der Waals surface area contributed by atoms with E-state index in [2.05, 4.69) is 20.4 Å². The van der Waals surface area contributed by atoms with Crippen LogP contribution in [0.15, 0.2) is 4.52 Å². The van der Waals surface area contributed by atoms with E-state index in [0.717, 1.165) is 55.4 Å². The number of rotatable bonds is 5. The Bertz CT molecular complexity index is 412. The molecule has 1 aliphatic carbocycles. The molecule has 2 heterocycles. The van der Waals surface area contributed by atoms with E-state index >= 15 is 0 Å². The predicted molar refractivity (Wildman–Crippen MR) is 85.2 cm³/mol. The van der Waals surface area contributed by atoms with Crippen LogP contribution in [0.5, 0.6) is 0 Å². The van der Waals surface area contributed by atoms with Crippen molar-refractivity contribution in [3.63, 3.8) is 0 Å². The van der Waals surface area contributed by atoms with Crippen LogP contribution in [0, 0.1) is 0 Å². The van der Waals surface area contributed by atoms with Crippen molar-refractivity contribution in [1.29, 1.82) is 0 Å². The Hall–Kier alpha value is -0.590. The minimum absolute atomic E-state index is 0.774. The zero-order valence-corrected chi connectivity index (χ0v) is 13.5. The van der Waals surface area contributed by atoms with Crippen molar-refractivity contribution in [3.05, 3.63) is 11.7 Å². The zero-order chi connectivity index (χ0) is 14.3. The second-order valence-corrected chi connectivity index (χ2v) is 7.34. The van der Waals surface area contributed by atoms with Gasteiger partial charge in [0, 0.05) is 18.3 Å². The number of thioether (sulfide) groups is 1. The molecule has 2 fully saturated rings. The van der Waals surface area contributed by atoms with Gasteiger partial charge in [0.15, 0.2) is 5.82 Å². The highest BCUT2D eigenvalue weighted by atomic mass is 32.2. The van der Waals surface area contributed by atoms with E-state index in [9.17, 15) is 0 Å². The van der Waals surface area contributed by atoms with Crippen LogP contribution in [0.4, 0.5) is 0 Å². The molecular formula is C15H26N4OS. The minimum atomic E-state index is 0.774. The molecule has 118 valence electrons. The summed E-state index contributed by atoms with van der Waals surface area (Å²) in [7, 11) is 0. The molecule has 0 aromatic carbocycles. The van der Waals surface area contributed by atoms with Crippen molar-refractivity contribution < 1.29 is 4.52 Å². The molecule has 0 bridgehead atoms. The van der Waals surface area contributed by atoms with Gasteiger partial charge in [0.05, 0.1) is 12.3 Å². The van der Waals surface area contributed by atoms with Crippen LogP contribution in [-0.2, 0) is 12.3 Å². The topological polar surface area (TPSA) is 54.2 Å². The highest BCUT2D eigenvalue weighted by molar-refractivity contribution is 7.99. The molecule has 1 aromatic heterocycles. The predicted octanol–water partition coefficient (Wildman–Crippen LogP) is 2.43. The van der Waals surface area contributed by atoms with Crippen molar-refractivity contribution >= 4 is 11.8 Å². The van der Waals surface area contributed by atoms with E-state index in [1.165, 1.54) is 38.5 Å². The third kappa shape index (κ3) is 4.97. The van der Waals surface area contributed by atoms with Gasteiger partial charge < -0.3 is 9.84 Å². The fraction of sp³-hybridized carbons (Fsp3) is 0.867. The molecule has 6 heteroatoms. The molecule has 2 aliphatic rings. The number of hydrogen-bond acceptors (Lipinski definition) is 6. The van der Waals surface area contributed by atoms with Crippen molar-refractivity contribution in [2.75, 3.05) is 26.2 Å². The molecule has 1 saturated carbocycles. The second-order valence-electron chi connectivity index (χ2n) is 6.06. The average molecular weight is 310 g/mol. The van der Waals surface area contributed by atoms with Crippen molar-refractivity contribution in [1.82, 2.24) is 20.4 Å². The lowest BCUT2D eigenvalue weighted by atomic mass is 10.0. The fourth-order valence-electron chi connectivity index (χ4n) is 3.09. The Kier molecular flexibility index (Phi) is 5.94. The summed E-state index contributed by atoms with van der Waals surface area (Å²) in [4.78, 5) is 6.95. The Labute approximate surface area is 131 Å². The van der Waals surface area contributed by atoms with Gasteiger partial charge in [-0.05, 0) is 32.4 Å². The van der Waals surface area contributed by atoms with E-state index in [-0.39, 0.29) is 0 Å².